The molecule has 1 aromatic carbocycles. The van der Waals surface area contributed by atoms with Gasteiger partial charge < -0.3 is 4.90 Å². The number of rotatable bonds is 6. The molecule has 0 bridgehead atoms. The Morgan fingerprint density at radius 2 is 1.96 bits per heavy atom. The lowest BCUT2D eigenvalue weighted by molar-refractivity contribution is -0.137. The summed E-state index contributed by atoms with van der Waals surface area (Å²) in [4.78, 5) is 15.5. The minimum Gasteiger partial charge on any atom is -0.338 e. The minimum absolute atomic E-state index is 0.0329. The van der Waals surface area contributed by atoms with Crippen LogP contribution in [0.5, 0.6) is 0 Å². The van der Waals surface area contributed by atoms with E-state index in [1.54, 1.807) is 40.2 Å². The fraction of sp³-hybridized carbons (Fsp3) is 0.353. The maximum atomic E-state index is 13.6. The first kappa shape index (κ1) is 16.4. The van der Waals surface area contributed by atoms with Crippen molar-refractivity contribution in [3.8, 4) is 0 Å². The van der Waals surface area contributed by atoms with Gasteiger partial charge in [-0.05, 0) is 18.1 Å². The topological polar surface area (TPSA) is 81.7 Å². The van der Waals surface area contributed by atoms with E-state index >= 15 is 0 Å². The van der Waals surface area contributed by atoms with Crippen LogP contribution in [-0.4, -0.2) is 53.9 Å². The van der Waals surface area contributed by atoms with Gasteiger partial charge in [-0.2, -0.15) is 15.0 Å². The Bertz CT molecular complexity index is 886. The summed E-state index contributed by atoms with van der Waals surface area (Å²) in [7, 11) is 0. The van der Waals surface area contributed by atoms with Gasteiger partial charge >= 0.3 is 0 Å². The molecule has 0 unspecified atom stereocenters. The normalized spacial score (nSPS) is 14.4. The Labute approximate surface area is 149 Å². The molecule has 0 radical (unpaired) electrons. The van der Waals surface area contributed by atoms with Crippen LogP contribution < -0.4 is 0 Å². The van der Waals surface area contributed by atoms with E-state index in [9.17, 15) is 9.18 Å². The van der Waals surface area contributed by atoms with E-state index in [4.69, 9.17) is 0 Å². The standard InChI is InChI=1S/C17H18FN7O/c18-16-4-2-1-3-13(16)5-6-17(26)23-11-15(12-23)24-9-14(21-22-24)10-25-19-7-8-20-25/h1-4,7-9,15H,5-6,10-12H2. The zero-order chi connectivity index (χ0) is 17.9. The zero-order valence-corrected chi connectivity index (χ0v) is 14.1. The first-order valence-electron chi connectivity index (χ1n) is 8.45. The molecule has 1 saturated heterocycles. The highest BCUT2D eigenvalue weighted by Gasteiger charge is 2.32. The van der Waals surface area contributed by atoms with Crippen molar-refractivity contribution in [3.63, 3.8) is 0 Å². The molecule has 1 fully saturated rings. The number of aromatic nitrogens is 6. The van der Waals surface area contributed by atoms with Crippen LogP contribution in [0.4, 0.5) is 4.39 Å². The summed E-state index contributed by atoms with van der Waals surface area (Å²) < 4.78 is 15.4. The number of amides is 1. The molecule has 134 valence electrons. The van der Waals surface area contributed by atoms with Crippen molar-refractivity contribution in [2.45, 2.75) is 25.4 Å². The molecule has 0 spiro atoms. The second-order valence-corrected chi connectivity index (χ2v) is 6.29. The molecule has 9 heteroatoms. The molecular formula is C17H18FN7O. The largest absolute Gasteiger partial charge is 0.338 e. The Balaban J connectivity index is 1.26. The van der Waals surface area contributed by atoms with E-state index in [1.807, 2.05) is 6.20 Å². The zero-order valence-electron chi connectivity index (χ0n) is 14.1. The summed E-state index contributed by atoms with van der Waals surface area (Å²) in [6.07, 6.45) is 5.80. The van der Waals surface area contributed by atoms with Gasteiger partial charge in [0.2, 0.25) is 5.91 Å². The van der Waals surface area contributed by atoms with Crippen LogP contribution in [0.2, 0.25) is 0 Å². The number of carbonyl (C=O) groups is 1. The van der Waals surface area contributed by atoms with Crippen LogP contribution in [0.15, 0.2) is 42.9 Å². The Hall–Kier alpha value is -3.10. The molecule has 1 aliphatic rings. The minimum atomic E-state index is -0.261. The number of nitrogens with zero attached hydrogens (tertiary/aromatic N) is 7. The van der Waals surface area contributed by atoms with Gasteiger partial charge in [0, 0.05) is 19.5 Å². The second kappa shape index (κ2) is 7.03. The second-order valence-electron chi connectivity index (χ2n) is 6.29. The van der Waals surface area contributed by atoms with Crippen molar-refractivity contribution < 1.29 is 9.18 Å². The van der Waals surface area contributed by atoms with Crippen LogP contribution in [0.1, 0.15) is 23.7 Å². The van der Waals surface area contributed by atoms with Crippen molar-refractivity contribution >= 4 is 5.91 Å². The maximum Gasteiger partial charge on any atom is 0.223 e. The first-order valence-corrected chi connectivity index (χ1v) is 8.45. The van der Waals surface area contributed by atoms with Crippen LogP contribution in [0.3, 0.4) is 0 Å². The van der Waals surface area contributed by atoms with Crippen molar-refractivity contribution in [2.24, 2.45) is 0 Å². The average molecular weight is 355 g/mol. The van der Waals surface area contributed by atoms with Gasteiger partial charge in [-0.15, -0.1) is 5.10 Å². The SMILES string of the molecule is O=C(CCc1ccccc1F)N1CC(n2cc(Cn3nccn3)nn2)C1. The Morgan fingerprint density at radius 1 is 1.19 bits per heavy atom. The quantitative estimate of drug-likeness (QED) is 0.661. The van der Waals surface area contributed by atoms with Crippen molar-refractivity contribution in [2.75, 3.05) is 13.1 Å². The van der Waals surface area contributed by atoms with E-state index in [0.29, 0.717) is 38.0 Å². The highest BCUT2D eigenvalue weighted by Crippen LogP contribution is 2.22. The number of carbonyl (C=O) groups excluding carboxylic acids is 1. The van der Waals surface area contributed by atoms with E-state index in [-0.39, 0.29) is 17.8 Å². The third-order valence-corrected chi connectivity index (χ3v) is 4.48. The van der Waals surface area contributed by atoms with Gasteiger partial charge in [0.05, 0.1) is 24.6 Å². The molecule has 2 aromatic heterocycles. The molecule has 4 rings (SSSR count). The maximum absolute atomic E-state index is 13.6. The van der Waals surface area contributed by atoms with Crippen molar-refractivity contribution in [1.29, 1.82) is 0 Å². The molecule has 0 saturated carbocycles. The third kappa shape index (κ3) is 3.46. The fourth-order valence-corrected chi connectivity index (χ4v) is 2.96. The molecule has 3 heterocycles. The van der Waals surface area contributed by atoms with E-state index in [1.165, 1.54) is 10.9 Å². The van der Waals surface area contributed by atoms with Gasteiger partial charge in [0.15, 0.2) is 0 Å². The Kier molecular flexibility index (Phi) is 4.42. The van der Waals surface area contributed by atoms with E-state index in [0.717, 1.165) is 5.69 Å². The van der Waals surface area contributed by atoms with Gasteiger partial charge in [-0.1, -0.05) is 23.4 Å². The Morgan fingerprint density at radius 3 is 2.73 bits per heavy atom. The molecule has 1 aliphatic heterocycles. The number of hydrogen-bond acceptors (Lipinski definition) is 5. The number of hydrogen-bond donors (Lipinski definition) is 0. The number of aryl methyl sites for hydroxylation is 1. The smallest absolute Gasteiger partial charge is 0.223 e. The predicted octanol–water partition coefficient (Wildman–Crippen LogP) is 1.07. The van der Waals surface area contributed by atoms with E-state index < -0.39 is 0 Å². The number of halogens is 1. The van der Waals surface area contributed by atoms with Crippen LogP contribution >= 0.6 is 0 Å². The van der Waals surface area contributed by atoms with Crippen LogP contribution in [0.25, 0.3) is 0 Å². The van der Waals surface area contributed by atoms with Crippen LogP contribution in [-0.2, 0) is 17.8 Å². The lowest BCUT2D eigenvalue weighted by Gasteiger charge is -2.39. The van der Waals surface area contributed by atoms with Crippen molar-refractivity contribution in [3.05, 3.63) is 59.9 Å². The molecule has 0 aliphatic carbocycles. The lowest BCUT2D eigenvalue weighted by atomic mass is 10.1. The molecular weight excluding hydrogens is 337 g/mol. The summed E-state index contributed by atoms with van der Waals surface area (Å²) in [5, 5.41) is 16.3. The number of benzene rings is 1. The van der Waals surface area contributed by atoms with Crippen LogP contribution in [0, 0.1) is 5.82 Å². The average Bonchev–Trinajstić information content (AvgIpc) is 3.26. The molecule has 8 nitrogen and oxygen atoms in total. The molecule has 26 heavy (non-hydrogen) atoms. The fourth-order valence-electron chi connectivity index (χ4n) is 2.96. The molecule has 1 amide bonds. The van der Waals surface area contributed by atoms with Gasteiger partial charge in [-0.25, -0.2) is 9.07 Å². The predicted molar refractivity (Wildman–Crippen MR) is 89.5 cm³/mol. The first-order chi connectivity index (χ1) is 12.7. The van der Waals surface area contributed by atoms with Crippen molar-refractivity contribution in [1.82, 2.24) is 34.9 Å². The van der Waals surface area contributed by atoms with E-state index in [2.05, 4.69) is 20.5 Å². The third-order valence-electron chi connectivity index (χ3n) is 4.48. The summed E-state index contributed by atoms with van der Waals surface area (Å²) in [6.45, 7) is 1.66. The number of likely N-dealkylation sites (tertiary alicyclic amines) is 1. The highest BCUT2D eigenvalue weighted by atomic mass is 19.1. The lowest BCUT2D eigenvalue weighted by Crippen LogP contribution is -2.51. The monoisotopic (exact) mass is 355 g/mol. The highest BCUT2D eigenvalue weighted by molar-refractivity contribution is 5.77. The summed E-state index contributed by atoms with van der Waals surface area (Å²) in [5.41, 5.74) is 1.34. The van der Waals surface area contributed by atoms with Gasteiger partial charge in [-0.3, -0.25) is 4.79 Å². The van der Waals surface area contributed by atoms with Gasteiger partial charge in [0.25, 0.3) is 0 Å². The molecule has 3 aromatic rings. The van der Waals surface area contributed by atoms with Gasteiger partial charge in [0.1, 0.15) is 18.1 Å². The molecule has 0 atom stereocenters. The molecule has 0 N–H and O–H groups in total. The summed E-state index contributed by atoms with van der Waals surface area (Å²) >= 11 is 0. The summed E-state index contributed by atoms with van der Waals surface area (Å²) in [5.74, 6) is -0.228. The summed E-state index contributed by atoms with van der Waals surface area (Å²) in [6, 6.07) is 6.69.